The second kappa shape index (κ2) is 6.59. The van der Waals surface area contributed by atoms with Crippen LogP contribution in [0.1, 0.15) is 12.8 Å². The van der Waals surface area contributed by atoms with Gasteiger partial charge >= 0.3 is 10.2 Å². The molecule has 2 N–H and O–H groups in total. The molecule has 0 radical (unpaired) electrons. The fourth-order valence-electron chi connectivity index (χ4n) is 2.31. The average Bonchev–Trinajstić information content (AvgIpc) is 2.49. The predicted octanol–water partition coefficient (Wildman–Crippen LogP) is 1.20. The Hall–Kier alpha value is -1.38. The van der Waals surface area contributed by atoms with E-state index in [1.54, 1.807) is 0 Å². The molecule has 1 unspecified atom stereocenters. The van der Waals surface area contributed by atoms with E-state index in [1.165, 1.54) is 23.5 Å². The van der Waals surface area contributed by atoms with Crippen molar-refractivity contribution < 1.29 is 22.7 Å². The van der Waals surface area contributed by atoms with Gasteiger partial charge in [0.1, 0.15) is 11.6 Å². The van der Waals surface area contributed by atoms with Crippen LogP contribution in [0.4, 0.5) is 10.1 Å². The van der Waals surface area contributed by atoms with Crippen LogP contribution in [0.15, 0.2) is 18.2 Å². The van der Waals surface area contributed by atoms with E-state index in [0.29, 0.717) is 18.7 Å². The Balaban J connectivity index is 2.17. The van der Waals surface area contributed by atoms with Gasteiger partial charge in [-0.1, -0.05) is 0 Å². The summed E-state index contributed by atoms with van der Waals surface area (Å²) >= 11 is 0. The molecule has 6 nitrogen and oxygen atoms in total. The van der Waals surface area contributed by atoms with Gasteiger partial charge in [0.2, 0.25) is 0 Å². The molecular weight excluding hydrogens is 299 g/mol. The Kier molecular flexibility index (Phi) is 5.02. The minimum atomic E-state index is -3.85. The van der Waals surface area contributed by atoms with Crippen LogP contribution in [0.25, 0.3) is 0 Å². The molecule has 1 heterocycles. The highest BCUT2D eigenvalue weighted by Gasteiger charge is 2.29. The summed E-state index contributed by atoms with van der Waals surface area (Å²) in [5.41, 5.74) is -0.152. The summed E-state index contributed by atoms with van der Waals surface area (Å²) in [4.78, 5) is 0. The van der Waals surface area contributed by atoms with Crippen LogP contribution in [0, 0.1) is 11.7 Å². The Morgan fingerprint density at radius 1 is 1.52 bits per heavy atom. The lowest BCUT2D eigenvalue weighted by Crippen LogP contribution is -2.43. The number of aliphatic hydroxyl groups excluding tert-OH is 1. The molecule has 0 aliphatic carbocycles. The van der Waals surface area contributed by atoms with E-state index in [2.05, 4.69) is 4.72 Å². The Bertz CT molecular complexity index is 594. The van der Waals surface area contributed by atoms with Crippen LogP contribution in [0.3, 0.4) is 0 Å². The SMILES string of the molecule is COc1ccc(F)c(NS(=O)(=O)N2CCCC(CO)C2)c1. The summed E-state index contributed by atoms with van der Waals surface area (Å²) in [5.74, 6) is -0.387. The molecule has 0 amide bonds. The molecule has 1 aromatic rings. The predicted molar refractivity (Wildman–Crippen MR) is 76.9 cm³/mol. The van der Waals surface area contributed by atoms with Gasteiger partial charge in [-0.05, 0) is 30.9 Å². The first-order chi connectivity index (χ1) is 9.96. The summed E-state index contributed by atoms with van der Waals surface area (Å²) in [6, 6.07) is 3.85. The van der Waals surface area contributed by atoms with E-state index in [4.69, 9.17) is 9.84 Å². The minimum absolute atomic E-state index is 0.0560. The van der Waals surface area contributed by atoms with E-state index in [1.807, 2.05) is 0 Å². The zero-order chi connectivity index (χ0) is 15.5. The van der Waals surface area contributed by atoms with Gasteiger partial charge < -0.3 is 9.84 Å². The highest BCUT2D eigenvalue weighted by Crippen LogP contribution is 2.24. The molecule has 21 heavy (non-hydrogen) atoms. The van der Waals surface area contributed by atoms with Gasteiger partial charge in [0.15, 0.2) is 0 Å². The number of aliphatic hydroxyl groups is 1. The topological polar surface area (TPSA) is 78.9 Å². The van der Waals surface area contributed by atoms with Gasteiger partial charge in [-0.25, -0.2) is 4.39 Å². The fraction of sp³-hybridized carbons (Fsp3) is 0.538. The summed E-state index contributed by atoms with van der Waals surface area (Å²) in [6.07, 6.45) is 1.46. The molecule has 1 fully saturated rings. The number of nitrogens with zero attached hydrogens (tertiary/aromatic N) is 1. The molecule has 118 valence electrons. The number of rotatable bonds is 5. The average molecular weight is 318 g/mol. The van der Waals surface area contributed by atoms with Crippen molar-refractivity contribution >= 4 is 15.9 Å². The number of ether oxygens (including phenoxy) is 1. The molecule has 0 spiro atoms. The van der Waals surface area contributed by atoms with Crippen molar-refractivity contribution in [2.45, 2.75) is 12.8 Å². The van der Waals surface area contributed by atoms with Crippen LogP contribution >= 0.6 is 0 Å². The van der Waals surface area contributed by atoms with Crippen molar-refractivity contribution in [3.63, 3.8) is 0 Å². The number of piperidine rings is 1. The van der Waals surface area contributed by atoms with Crippen molar-refractivity contribution in [1.82, 2.24) is 4.31 Å². The van der Waals surface area contributed by atoms with Gasteiger partial charge in [0.25, 0.3) is 0 Å². The fourth-order valence-corrected chi connectivity index (χ4v) is 3.65. The van der Waals surface area contributed by atoms with Crippen LogP contribution in [-0.2, 0) is 10.2 Å². The zero-order valence-corrected chi connectivity index (χ0v) is 12.6. The highest BCUT2D eigenvalue weighted by molar-refractivity contribution is 7.90. The smallest absolute Gasteiger partial charge is 0.301 e. The maximum absolute atomic E-state index is 13.7. The van der Waals surface area contributed by atoms with Crippen LogP contribution in [0.5, 0.6) is 5.75 Å². The Morgan fingerprint density at radius 3 is 2.95 bits per heavy atom. The standard InChI is InChI=1S/C13H19FN2O4S/c1-20-11-4-5-12(14)13(7-11)15-21(18,19)16-6-2-3-10(8-16)9-17/h4-5,7,10,15,17H,2-3,6,8-9H2,1H3. The van der Waals surface area contributed by atoms with E-state index < -0.39 is 16.0 Å². The summed E-state index contributed by atoms with van der Waals surface area (Å²) < 4.78 is 46.7. The maximum Gasteiger partial charge on any atom is 0.301 e. The Morgan fingerprint density at radius 2 is 2.29 bits per heavy atom. The number of benzene rings is 1. The normalized spacial score (nSPS) is 20.2. The summed E-state index contributed by atoms with van der Waals surface area (Å²) in [5, 5.41) is 9.16. The lowest BCUT2D eigenvalue weighted by atomic mass is 10.0. The summed E-state index contributed by atoms with van der Waals surface area (Å²) in [7, 11) is -2.43. The second-order valence-electron chi connectivity index (χ2n) is 5.00. The first-order valence-electron chi connectivity index (χ1n) is 6.68. The van der Waals surface area contributed by atoms with E-state index in [-0.39, 0.29) is 24.8 Å². The number of nitrogens with one attached hydrogen (secondary N) is 1. The highest BCUT2D eigenvalue weighted by atomic mass is 32.2. The lowest BCUT2D eigenvalue weighted by molar-refractivity contribution is 0.166. The van der Waals surface area contributed by atoms with Crippen molar-refractivity contribution in [1.29, 1.82) is 0 Å². The quantitative estimate of drug-likeness (QED) is 0.855. The molecule has 1 saturated heterocycles. The molecule has 1 aromatic carbocycles. The van der Waals surface area contributed by atoms with E-state index >= 15 is 0 Å². The first-order valence-corrected chi connectivity index (χ1v) is 8.12. The van der Waals surface area contributed by atoms with Crippen molar-refractivity contribution in [2.24, 2.45) is 5.92 Å². The third-order valence-corrected chi connectivity index (χ3v) is 4.98. The zero-order valence-electron chi connectivity index (χ0n) is 11.8. The number of hydrogen-bond acceptors (Lipinski definition) is 4. The minimum Gasteiger partial charge on any atom is -0.497 e. The van der Waals surface area contributed by atoms with Gasteiger partial charge in [0, 0.05) is 25.8 Å². The van der Waals surface area contributed by atoms with Gasteiger partial charge in [-0.15, -0.1) is 0 Å². The van der Waals surface area contributed by atoms with Crippen molar-refractivity contribution in [3.05, 3.63) is 24.0 Å². The Labute approximate surface area is 123 Å². The van der Waals surface area contributed by atoms with Gasteiger partial charge in [-0.3, -0.25) is 4.72 Å². The second-order valence-corrected chi connectivity index (χ2v) is 6.67. The molecule has 1 aliphatic heterocycles. The number of methoxy groups -OCH3 is 1. The number of halogens is 1. The first kappa shape index (κ1) is 16.0. The van der Waals surface area contributed by atoms with E-state index in [0.717, 1.165) is 12.5 Å². The number of hydrogen-bond donors (Lipinski definition) is 2. The van der Waals surface area contributed by atoms with Crippen molar-refractivity contribution in [2.75, 3.05) is 31.5 Å². The third kappa shape index (κ3) is 3.84. The summed E-state index contributed by atoms with van der Waals surface area (Å²) in [6.45, 7) is 0.536. The number of anilines is 1. The molecule has 1 atom stereocenters. The van der Waals surface area contributed by atoms with Crippen LogP contribution < -0.4 is 9.46 Å². The molecular formula is C13H19FN2O4S. The molecule has 2 rings (SSSR count). The molecule has 0 saturated carbocycles. The van der Waals surface area contributed by atoms with Crippen molar-refractivity contribution in [3.8, 4) is 5.75 Å². The van der Waals surface area contributed by atoms with E-state index in [9.17, 15) is 12.8 Å². The van der Waals surface area contributed by atoms with Crippen LogP contribution in [-0.4, -0.2) is 44.6 Å². The van der Waals surface area contributed by atoms with Crippen LogP contribution in [0.2, 0.25) is 0 Å². The largest absolute Gasteiger partial charge is 0.497 e. The monoisotopic (exact) mass is 318 g/mol. The molecule has 0 bridgehead atoms. The van der Waals surface area contributed by atoms with Gasteiger partial charge in [-0.2, -0.15) is 12.7 Å². The third-order valence-electron chi connectivity index (χ3n) is 3.49. The van der Waals surface area contributed by atoms with Gasteiger partial charge in [0.05, 0.1) is 12.8 Å². The molecule has 8 heteroatoms. The molecule has 1 aliphatic rings. The maximum atomic E-state index is 13.7. The molecule has 0 aromatic heterocycles. The lowest BCUT2D eigenvalue weighted by Gasteiger charge is -2.31.